The van der Waals surface area contributed by atoms with Crippen LogP contribution in [0.25, 0.3) is 16.9 Å². The highest BCUT2D eigenvalue weighted by molar-refractivity contribution is 6.13. The Bertz CT molecular complexity index is 1550. The maximum atomic E-state index is 8.91. The van der Waals surface area contributed by atoms with Crippen molar-refractivity contribution >= 4 is 11.5 Å². The van der Waals surface area contributed by atoms with Gasteiger partial charge in [0, 0.05) is 53.4 Å². The van der Waals surface area contributed by atoms with E-state index in [1.54, 1.807) is 17.1 Å². The molecule has 198 valence electrons. The molecule has 8 nitrogen and oxygen atoms in total. The Morgan fingerprint density at radius 3 is 2.59 bits per heavy atom. The van der Waals surface area contributed by atoms with Crippen LogP contribution >= 0.6 is 0 Å². The van der Waals surface area contributed by atoms with E-state index in [1.165, 1.54) is 30.4 Å². The SMILES string of the molecule is Cc1cccnc1-n1cc(C(=N)c2cc(-c3ccc4c(c3)CCC(N3C5COCC3C5)CC4)cnc2N)cn1. The van der Waals surface area contributed by atoms with Crippen LogP contribution in [0.1, 0.15) is 47.1 Å². The highest BCUT2D eigenvalue weighted by Gasteiger charge is 2.45. The van der Waals surface area contributed by atoms with E-state index >= 15 is 0 Å². The molecular weight excluding hydrogens is 486 g/mol. The van der Waals surface area contributed by atoms with Crippen molar-refractivity contribution in [2.45, 2.75) is 57.2 Å². The standard InChI is InChI=1S/C31H33N7O/c1-19-3-2-10-34-31(19)37-16-24(15-36-37)29(32)28-12-23(14-35-30(28)33)22-5-4-20-6-8-25(9-7-21(20)11-22)38-26-13-27(38)18-39-17-26/h2-5,10-12,14-16,25-27,32H,6-9,13,17-18H2,1H3,(H2,33,35). The fourth-order valence-corrected chi connectivity index (χ4v) is 6.60. The van der Waals surface area contributed by atoms with Gasteiger partial charge in [0.25, 0.3) is 0 Å². The number of benzene rings is 1. The number of fused-ring (bicyclic) bond motifs is 3. The minimum absolute atomic E-state index is 0.295. The lowest BCUT2D eigenvalue weighted by Gasteiger charge is -2.56. The minimum Gasteiger partial charge on any atom is -0.383 e. The summed E-state index contributed by atoms with van der Waals surface area (Å²) in [6.45, 7) is 3.79. The fourth-order valence-electron chi connectivity index (χ4n) is 6.60. The summed E-state index contributed by atoms with van der Waals surface area (Å²) in [6.07, 6.45) is 13.0. The number of nitrogens with two attached hydrogens (primary N) is 1. The summed E-state index contributed by atoms with van der Waals surface area (Å²) >= 11 is 0. The van der Waals surface area contributed by atoms with Gasteiger partial charge in [0.1, 0.15) is 5.82 Å². The van der Waals surface area contributed by atoms with Crippen molar-refractivity contribution in [3.05, 3.63) is 89.0 Å². The normalized spacial score (nSPS) is 22.5. The summed E-state index contributed by atoms with van der Waals surface area (Å²) in [5.41, 5.74) is 13.8. The third-order valence-electron chi connectivity index (χ3n) is 8.72. The zero-order chi connectivity index (χ0) is 26.5. The number of rotatable bonds is 5. The summed E-state index contributed by atoms with van der Waals surface area (Å²) in [5, 5.41) is 13.4. The van der Waals surface area contributed by atoms with E-state index in [2.05, 4.69) is 38.2 Å². The summed E-state index contributed by atoms with van der Waals surface area (Å²) in [6, 6.07) is 14.6. The molecule has 0 spiro atoms. The van der Waals surface area contributed by atoms with Crippen LogP contribution in [0.3, 0.4) is 0 Å². The molecule has 0 radical (unpaired) electrons. The smallest absolute Gasteiger partial charge is 0.156 e. The Balaban J connectivity index is 1.12. The van der Waals surface area contributed by atoms with E-state index in [4.69, 9.17) is 15.9 Å². The molecule has 5 heterocycles. The lowest BCUT2D eigenvalue weighted by molar-refractivity contribution is -0.148. The van der Waals surface area contributed by atoms with Gasteiger partial charge in [-0.25, -0.2) is 14.6 Å². The molecule has 1 aromatic carbocycles. The van der Waals surface area contributed by atoms with E-state index in [-0.39, 0.29) is 0 Å². The number of aromatic nitrogens is 4. The van der Waals surface area contributed by atoms with E-state index in [0.717, 1.165) is 48.6 Å². The summed E-state index contributed by atoms with van der Waals surface area (Å²) in [7, 11) is 0. The van der Waals surface area contributed by atoms with Crippen molar-refractivity contribution in [2.75, 3.05) is 18.9 Å². The number of aryl methyl sites for hydroxylation is 3. The molecule has 2 fully saturated rings. The van der Waals surface area contributed by atoms with Gasteiger partial charge in [-0.2, -0.15) is 5.10 Å². The maximum absolute atomic E-state index is 8.91. The van der Waals surface area contributed by atoms with Gasteiger partial charge in [-0.1, -0.05) is 24.3 Å². The van der Waals surface area contributed by atoms with E-state index < -0.39 is 0 Å². The molecule has 0 amide bonds. The number of anilines is 1. The number of hydrogen-bond donors (Lipinski definition) is 2. The molecule has 3 unspecified atom stereocenters. The number of nitrogens with one attached hydrogen (secondary N) is 1. The van der Waals surface area contributed by atoms with Crippen molar-refractivity contribution < 1.29 is 4.74 Å². The number of nitrogens with zero attached hydrogens (tertiary/aromatic N) is 5. The lowest BCUT2D eigenvalue weighted by atomic mass is 9.87. The Labute approximate surface area is 228 Å². The number of ether oxygens (including phenoxy) is 1. The Kier molecular flexibility index (Phi) is 6.01. The van der Waals surface area contributed by atoms with Gasteiger partial charge in [0.2, 0.25) is 0 Å². The van der Waals surface area contributed by atoms with Crippen LogP contribution < -0.4 is 5.73 Å². The Morgan fingerprint density at radius 2 is 1.79 bits per heavy atom. The first-order valence-electron chi connectivity index (χ1n) is 13.8. The van der Waals surface area contributed by atoms with Gasteiger partial charge in [-0.15, -0.1) is 0 Å². The predicted molar refractivity (Wildman–Crippen MR) is 151 cm³/mol. The molecule has 3 N–H and O–H groups in total. The summed E-state index contributed by atoms with van der Waals surface area (Å²) in [5.74, 6) is 1.08. The van der Waals surface area contributed by atoms with E-state index in [9.17, 15) is 0 Å². The van der Waals surface area contributed by atoms with Gasteiger partial charge in [0.15, 0.2) is 5.82 Å². The Morgan fingerprint density at radius 1 is 0.974 bits per heavy atom. The van der Waals surface area contributed by atoms with Crippen molar-refractivity contribution in [2.24, 2.45) is 0 Å². The first kappa shape index (κ1) is 24.2. The van der Waals surface area contributed by atoms with Gasteiger partial charge in [0.05, 0.1) is 25.1 Å². The molecule has 3 aromatic heterocycles. The van der Waals surface area contributed by atoms with Crippen molar-refractivity contribution in [3.8, 4) is 16.9 Å². The number of hydrogen-bond acceptors (Lipinski definition) is 7. The quantitative estimate of drug-likeness (QED) is 0.300. The van der Waals surface area contributed by atoms with Crippen LogP contribution in [0.4, 0.5) is 5.82 Å². The summed E-state index contributed by atoms with van der Waals surface area (Å²) in [4.78, 5) is 11.7. The molecule has 3 atom stereocenters. The highest BCUT2D eigenvalue weighted by atomic mass is 16.5. The molecule has 0 saturated carbocycles. The molecule has 7 rings (SSSR count). The average molecular weight is 520 g/mol. The first-order valence-corrected chi connectivity index (χ1v) is 13.8. The second kappa shape index (κ2) is 9.70. The van der Waals surface area contributed by atoms with Crippen molar-refractivity contribution in [3.63, 3.8) is 0 Å². The molecule has 2 saturated heterocycles. The van der Waals surface area contributed by atoms with Crippen molar-refractivity contribution in [1.82, 2.24) is 24.6 Å². The van der Waals surface area contributed by atoms with Gasteiger partial charge >= 0.3 is 0 Å². The zero-order valence-corrected chi connectivity index (χ0v) is 22.2. The van der Waals surface area contributed by atoms with Crippen LogP contribution in [0.15, 0.2) is 61.2 Å². The third-order valence-corrected chi connectivity index (χ3v) is 8.72. The van der Waals surface area contributed by atoms with E-state index in [1.807, 2.05) is 37.5 Å². The third kappa shape index (κ3) is 4.33. The molecule has 4 aromatic rings. The van der Waals surface area contributed by atoms with Gasteiger partial charge < -0.3 is 10.5 Å². The van der Waals surface area contributed by atoms with Crippen LogP contribution in [0, 0.1) is 12.3 Å². The van der Waals surface area contributed by atoms with Gasteiger partial charge in [-0.05, 0) is 73.4 Å². The molecule has 2 aliphatic heterocycles. The topological polar surface area (TPSA) is 106 Å². The van der Waals surface area contributed by atoms with Gasteiger partial charge in [-0.3, -0.25) is 10.3 Å². The fraction of sp³-hybridized carbons (Fsp3) is 0.355. The van der Waals surface area contributed by atoms with Crippen LogP contribution in [-0.4, -0.2) is 61.7 Å². The molecule has 1 aliphatic carbocycles. The molecule has 3 aliphatic rings. The van der Waals surface area contributed by atoms with Crippen LogP contribution in [-0.2, 0) is 17.6 Å². The second-order valence-electron chi connectivity index (χ2n) is 11.1. The summed E-state index contributed by atoms with van der Waals surface area (Å²) < 4.78 is 7.42. The Hall–Kier alpha value is -3.88. The van der Waals surface area contributed by atoms with Crippen molar-refractivity contribution in [1.29, 1.82) is 5.41 Å². The van der Waals surface area contributed by atoms with Crippen LogP contribution in [0.5, 0.6) is 0 Å². The average Bonchev–Trinajstić information content (AvgIpc) is 3.36. The largest absolute Gasteiger partial charge is 0.383 e. The van der Waals surface area contributed by atoms with Crippen LogP contribution in [0.2, 0.25) is 0 Å². The zero-order valence-electron chi connectivity index (χ0n) is 22.2. The maximum Gasteiger partial charge on any atom is 0.156 e. The second-order valence-corrected chi connectivity index (χ2v) is 11.1. The predicted octanol–water partition coefficient (Wildman–Crippen LogP) is 4.36. The molecule has 8 heteroatoms. The molecule has 2 bridgehead atoms. The first-order chi connectivity index (χ1) is 19.0. The van der Waals surface area contributed by atoms with E-state index in [0.29, 0.717) is 40.8 Å². The minimum atomic E-state index is 0.295. The number of pyridine rings is 2. The molecular formula is C31H33N7O. The number of nitrogen functional groups attached to an aromatic ring is 1. The monoisotopic (exact) mass is 519 g/mol. The highest BCUT2D eigenvalue weighted by Crippen LogP contribution is 2.37. The lowest BCUT2D eigenvalue weighted by Crippen LogP contribution is -2.66. The number of morpholine rings is 1. The molecule has 39 heavy (non-hydrogen) atoms.